The number of Topliss-reactive ketones (excluding diaryl/α,β-unsaturated/α-hetero) is 1. The van der Waals surface area contributed by atoms with Crippen molar-refractivity contribution in [2.24, 2.45) is 0 Å². The summed E-state index contributed by atoms with van der Waals surface area (Å²) in [5.74, 6) is 0.232. The van der Waals surface area contributed by atoms with Crippen LogP contribution in [0.5, 0.6) is 0 Å². The van der Waals surface area contributed by atoms with Crippen LogP contribution in [0.3, 0.4) is 0 Å². The molecule has 0 aromatic rings. The van der Waals surface area contributed by atoms with Gasteiger partial charge in [-0.3, -0.25) is 4.79 Å². The Morgan fingerprint density at radius 1 is 1.33 bits per heavy atom. The third-order valence-electron chi connectivity index (χ3n) is 2.88. The first-order valence-electron chi connectivity index (χ1n) is 5.17. The first kappa shape index (κ1) is 12.5. The van der Waals surface area contributed by atoms with E-state index in [1.165, 1.54) is 0 Å². The third-order valence-corrected chi connectivity index (χ3v) is 2.88. The molecule has 15 heavy (non-hydrogen) atoms. The third kappa shape index (κ3) is 4.64. The van der Waals surface area contributed by atoms with Crippen molar-refractivity contribution < 1.29 is 18.0 Å². The summed E-state index contributed by atoms with van der Waals surface area (Å²) >= 11 is 0. The first-order chi connectivity index (χ1) is 6.88. The molecule has 1 aliphatic carbocycles. The molecule has 0 N–H and O–H groups in total. The smallest absolute Gasteiger partial charge is 0.303 e. The zero-order valence-corrected chi connectivity index (χ0v) is 8.81. The Balaban J connectivity index is 2.28. The summed E-state index contributed by atoms with van der Waals surface area (Å²) in [6.45, 7) is 0.0301. The van der Waals surface area contributed by atoms with Crippen molar-refractivity contribution in [3.8, 4) is 0 Å². The molecule has 0 amide bonds. The van der Waals surface area contributed by atoms with Crippen molar-refractivity contribution in [3.63, 3.8) is 0 Å². The molecule has 0 aromatic carbocycles. The highest BCUT2D eigenvalue weighted by molar-refractivity contribution is 5.79. The average Bonchev–Trinajstić information content (AvgIpc) is 2.14. The van der Waals surface area contributed by atoms with E-state index >= 15 is 0 Å². The monoisotopic (exact) mass is 223 g/mol. The molecule has 5 heteroatoms. The van der Waals surface area contributed by atoms with E-state index in [0.29, 0.717) is 25.7 Å². The lowest BCUT2D eigenvalue weighted by Crippen LogP contribution is -2.37. The van der Waals surface area contributed by atoms with Gasteiger partial charge in [-0.2, -0.15) is 13.2 Å². The first-order valence-corrected chi connectivity index (χ1v) is 5.17. The Hall–Kier alpha value is -0.580. The molecule has 1 fully saturated rings. The van der Waals surface area contributed by atoms with Gasteiger partial charge < -0.3 is 4.90 Å². The molecule has 0 unspecified atom stereocenters. The fourth-order valence-electron chi connectivity index (χ4n) is 1.85. The van der Waals surface area contributed by atoms with Crippen molar-refractivity contribution >= 4 is 5.78 Å². The van der Waals surface area contributed by atoms with Crippen LogP contribution in [0, 0.1) is 0 Å². The topological polar surface area (TPSA) is 20.3 Å². The fraction of sp³-hybridized carbons (Fsp3) is 0.900. The summed E-state index contributed by atoms with van der Waals surface area (Å²) in [4.78, 5) is 12.7. The molecule has 0 radical (unpaired) electrons. The van der Waals surface area contributed by atoms with E-state index in [-0.39, 0.29) is 18.4 Å². The lowest BCUT2D eigenvalue weighted by Gasteiger charge is -2.30. The van der Waals surface area contributed by atoms with Crippen LogP contribution in [0.15, 0.2) is 0 Å². The number of halogens is 3. The summed E-state index contributed by atoms with van der Waals surface area (Å²) in [5.41, 5.74) is 0. The van der Waals surface area contributed by atoms with E-state index < -0.39 is 12.6 Å². The Morgan fingerprint density at radius 2 is 1.87 bits per heavy atom. The maximum absolute atomic E-state index is 12.0. The van der Waals surface area contributed by atoms with Gasteiger partial charge in [-0.25, -0.2) is 0 Å². The molecule has 0 bridgehead atoms. The highest BCUT2D eigenvalue weighted by atomic mass is 19.4. The predicted octanol–water partition coefficient (Wildman–Crippen LogP) is 2.38. The normalized spacial score (nSPS) is 19.9. The molecule has 1 aliphatic rings. The van der Waals surface area contributed by atoms with Gasteiger partial charge in [0.05, 0.1) is 6.42 Å². The lowest BCUT2D eigenvalue weighted by atomic mass is 9.93. The minimum atomic E-state index is -4.08. The molecule has 0 aromatic heterocycles. The molecule has 1 saturated carbocycles. The number of nitrogens with zero attached hydrogens (tertiary/aromatic N) is 1. The van der Waals surface area contributed by atoms with Crippen molar-refractivity contribution in [1.82, 2.24) is 4.90 Å². The van der Waals surface area contributed by atoms with Gasteiger partial charge in [-0.15, -0.1) is 0 Å². The zero-order valence-electron chi connectivity index (χ0n) is 8.81. The van der Waals surface area contributed by atoms with Gasteiger partial charge in [0.1, 0.15) is 5.78 Å². The largest absolute Gasteiger partial charge is 0.390 e. The van der Waals surface area contributed by atoms with Crippen LogP contribution in [0.25, 0.3) is 0 Å². The standard InChI is InChI=1S/C10H16F3NO/c1-14(7-6-10(11,12)13)8-2-4-9(15)5-3-8/h8H,2-7H2,1H3. The molecule has 1 rings (SSSR count). The SMILES string of the molecule is CN(CCC(F)(F)F)C1CCC(=O)CC1. The van der Waals surface area contributed by atoms with Crippen LogP contribution >= 0.6 is 0 Å². The van der Waals surface area contributed by atoms with Gasteiger partial charge in [0.25, 0.3) is 0 Å². The Bertz CT molecular complexity index is 217. The molecule has 2 nitrogen and oxygen atoms in total. The van der Waals surface area contributed by atoms with Crippen LogP contribution in [0.2, 0.25) is 0 Å². The summed E-state index contributed by atoms with van der Waals surface area (Å²) in [5, 5.41) is 0. The number of ketones is 1. The van der Waals surface area contributed by atoms with E-state index in [9.17, 15) is 18.0 Å². The van der Waals surface area contributed by atoms with Crippen molar-refractivity contribution in [2.45, 2.75) is 44.3 Å². The van der Waals surface area contributed by atoms with Crippen LogP contribution < -0.4 is 0 Å². The summed E-state index contributed by atoms with van der Waals surface area (Å²) in [6.07, 6.45) is -2.42. The maximum atomic E-state index is 12.0. The summed E-state index contributed by atoms with van der Waals surface area (Å²) < 4.78 is 35.9. The fourth-order valence-corrected chi connectivity index (χ4v) is 1.85. The van der Waals surface area contributed by atoms with E-state index in [2.05, 4.69) is 0 Å². The van der Waals surface area contributed by atoms with Gasteiger partial charge in [0.15, 0.2) is 0 Å². The second kappa shape index (κ2) is 4.96. The molecule has 0 spiro atoms. The minimum Gasteiger partial charge on any atom is -0.303 e. The van der Waals surface area contributed by atoms with E-state index in [0.717, 1.165) is 0 Å². The van der Waals surface area contributed by atoms with Gasteiger partial charge in [0.2, 0.25) is 0 Å². The van der Waals surface area contributed by atoms with Crippen molar-refractivity contribution in [2.75, 3.05) is 13.6 Å². The summed E-state index contributed by atoms with van der Waals surface area (Å²) in [6, 6.07) is 0.144. The summed E-state index contributed by atoms with van der Waals surface area (Å²) in [7, 11) is 1.70. The Labute approximate surface area is 87.4 Å². The molecular weight excluding hydrogens is 207 g/mol. The molecule has 0 saturated heterocycles. The molecule has 0 aliphatic heterocycles. The number of rotatable bonds is 3. The average molecular weight is 223 g/mol. The van der Waals surface area contributed by atoms with Gasteiger partial charge >= 0.3 is 6.18 Å². The zero-order chi connectivity index (χ0) is 11.5. The molecule has 0 heterocycles. The number of carbonyl (C=O) groups is 1. The predicted molar refractivity (Wildman–Crippen MR) is 50.6 cm³/mol. The maximum Gasteiger partial charge on any atom is 0.390 e. The van der Waals surface area contributed by atoms with Crippen LogP contribution in [-0.4, -0.2) is 36.5 Å². The van der Waals surface area contributed by atoms with E-state index in [1.807, 2.05) is 0 Å². The van der Waals surface area contributed by atoms with Crippen LogP contribution in [0.1, 0.15) is 32.1 Å². The van der Waals surface area contributed by atoms with Crippen LogP contribution in [0.4, 0.5) is 13.2 Å². The molecular formula is C10H16F3NO. The van der Waals surface area contributed by atoms with E-state index in [1.54, 1.807) is 11.9 Å². The number of carbonyl (C=O) groups excluding carboxylic acids is 1. The quantitative estimate of drug-likeness (QED) is 0.732. The highest BCUT2D eigenvalue weighted by Gasteiger charge is 2.29. The van der Waals surface area contributed by atoms with Crippen molar-refractivity contribution in [3.05, 3.63) is 0 Å². The van der Waals surface area contributed by atoms with Crippen LogP contribution in [-0.2, 0) is 4.79 Å². The molecule has 0 atom stereocenters. The van der Waals surface area contributed by atoms with Crippen molar-refractivity contribution in [1.29, 1.82) is 0 Å². The molecule has 88 valence electrons. The minimum absolute atomic E-state index is 0.0301. The lowest BCUT2D eigenvalue weighted by molar-refractivity contribution is -0.139. The second-order valence-electron chi connectivity index (χ2n) is 4.12. The Kier molecular flexibility index (Phi) is 4.13. The number of hydrogen-bond acceptors (Lipinski definition) is 2. The van der Waals surface area contributed by atoms with Gasteiger partial charge in [-0.05, 0) is 19.9 Å². The Morgan fingerprint density at radius 3 is 2.33 bits per heavy atom. The van der Waals surface area contributed by atoms with Gasteiger partial charge in [0, 0.05) is 25.4 Å². The second-order valence-corrected chi connectivity index (χ2v) is 4.12. The highest BCUT2D eigenvalue weighted by Crippen LogP contribution is 2.23. The number of alkyl halides is 3. The van der Waals surface area contributed by atoms with E-state index in [4.69, 9.17) is 0 Å². The number of hydrogen-bond donors (Lipinski definition) is 0. The van der Waals surface area contributed by atoms with Gasteiger partial charge in [-0.1, -0.05) is 0 Å².